The van der Waals surface area contributed by atoms with Crippen LogP contribution in [0.5, 0.6) is 0 Å². The summed E-state index contributed by atoms with van der Waals surface area (Å²) in [4.78, 5) is 35.3. The van der Waals surface area contributed by atoms with E-state index in [1.807, 2.05) is 0 Å². The van der Waals surface area contributed by atoms with E-state index in [0.29, 0.717) is 16.2 Å². The Bertz CT molecular complexity index is 1190. The first-order valence-electron chi connectivity index (χ1n) is 9.66. The number of H-pyrrole nitrogens is 1. The highest BCUT2D eigenvalue weighted by molar-refractivity contribution is 6.30. The van der Waals surface area contributed by atoms with E-state index >= 15 is 0 Å². The first-order chi connectivity index (χ1) is 14.8. The zero-order valence-corrected chi connectivity index (χ0v) is 17.4. The fourth-order valence-corrected chi connectivity index (χ4v) is 4.02. The van der Waals surface area contributed by atoms with Gasteiger partial charge in [-0.2, -0.15) is 0 Å². The van der Waals surface area contributed by atoms with Gasteiger partial charge in [0.2, 0.25) is 0 Å². The Hall–Kier alpha value is -2.79. The molecular weight excluding hydrogens is 428 g/mol. The lowest BCUT2D eigenvalue weighted by molar-refractivity contribution is -0.199. The summed E-state index contributed by atoms with van der Waals surface area (Å²) in [5.74, 6) is -1.35. The number of hydrogen-bond donors (Lipinski definition) is 1. The molecule has 162 valence electrons. The van der Waals surface area contributed by atoms with Crippen LogP contribution in [0.25, 0.3) is 11.2 Å². The molecule has 0 aliphatic carbocycles. The van der Waals surface area contributed by atoms with Gasteiger partial charge in [0, 0.05) is 5.02 Å². The van der Waals surface area contributed by atoms with Crippen molar-refractivity contribution in [2.75, 3.05) is 6.61 Å². The second kappa shape index (κ2) is 7.41. The number of benzene rings is 1. The largest absolute Gasteiger partial charge is 0.459 e. The van der Waals surface area contributed by atoms with Crippen LogP contribution in [0, 0.1) is 0 Å². The van der Waals surface area contributed by atoms with Crippen LogP contribution in [0.3, 0.4) is 0 Å². The molecule has 1 aromatic carbocycles. The molecule has 4 heterocycles. The topological polar surface area (TPSA) is 118 Å². The summed E-state index contributed by atoms with van der Waals surface area (Å²) in [5, 5.41) is 0.528. The van der Waals surface area contributed by atoms with Crippen molar-refractivity contribution in [1.82, 2.24) is 19.5 Å². The summed E-state index contributed by atoms with van der Waals surface area (Å²) in [7, 11) is 0. The first-order valence-corrected chi connectivity index (χ1v) is 10.0. The van der Waals surface area contributed by atoms with Gasteiger partial charge >= 0.3 is 5.97 Å². The van der Waals surface area contributed by atoms with Gasteiger partial charge in [-0.25, -0.2) is 14.8 Å². The highest BCUT2D eigenvalue weighted by atomic mass is 35.5. The van der Waals surface area contributed by atoms with Crippen molar-refractivity contribution in [3.05, 3.63) is 57.9 Å². The maximum Gasteiger partial charge on any atom is 0.338 e. The lowest BCUT2D eigenvalue weighted by Crippen LogP contribution is -2.33. The van der Waals surface area contributed by atoms with Gasteiger partial charge in [-0.3, -0.25) is 9.36 Å². The molecule has 0 radical (unpaired) electrons. The van der Waals surface area contributed by atoms with Crippen LogP contribution in [-0.4, -0.2) is 56.2 Å². The average Bonchev–Trinajstić information content (AvgIpc) is 3.38. The van der Waals surface area contributed by atoms with Gasteiger partial charge in [0.05, 0.1) is 18.2 Å². The zero-order valence-electron chi connectivity index (χ0n) is 16.6. The number of ether oxygens (including phenoxy) is 4. The quantitative estimate of drug-likeness (QED) is 0.605. The monoisotopic (exact) mass is 446 g/mol. The number of nitrogens with zero attached hydrogens (tertiary/aromatic N) is 3. The van der Waals surface area contributed by atoms with Gasteiger partial charge < -0.3 is 23.9 Å². The fraction of sp³-hybridized carbons (Fsp3) is 0.400. The molecule has 0 amide bonds. The summed E-state index contributed by atoms with van der Waals surface area (Å²) < 4.78 is 25.3. The molecule has 1 N–H and O–H groups in total. The van der Waals surface area contributed by atoms with E-state index in [1.54, 1.807) is 42.7 Å². The summed E-state index contributed by atoms with van der Waals surface area (Å²) in [6.07, 6.45) is 0.533. The zero-order chi connectivity index (χ0) is 21.8. The number of fused-ring (bicyclic) bond motifs is 2. The highest BCUT2D eigenvalue weighted by Crippen LogP contribution is 2.43. The normalized spacial score (nSPS) is 26.8. The third-order valence-electron chi connectivity index (χ3n) is 5.22. The molecule has 10 nitrogen and oxygen atoms in total. The van der Waals surface area contributed by atoms with E-state index in [4.69, 9.17) is 30.5 Å². The van der Waals surface area contributed by atoms with E-state index in [0.717, 1.165) is 0 Å². The summed E-state index contributed by atoms with van der Waals surface area (Å²) >= 11 is 5.86. The molecular formula is C20H19ClN4O6. The molecule has 11 heteroatoms. The molecule has 0 spiro atoms. The average molecular weight is 447 g/mol. The van der Waals surface area contributed by atoms with Gasteiger partial charge in [-0.1, -0.05) is 11.6 Å². The molecule has 3 aromatic rings. The Kier molecular flexibility index (Phi) is 4.82. The Morgan fingerprint density at radius 2 is 1.97 bits per heavy atom. The number of aromatic nitrogens is 4. The molecule has 5 rings (SSSR count). The predicted octanol–water partition coefficient (Wildman–Crippen LogP) is 2.05. The van der Waals surface area contributed by atoms with Crippen LogP contribution in [-0.2, 0) is 18.9 Å². The smallest absolute Gasteiger partial charge is 0.338 e. The van der Waals surface area contributed by atoms with Crippen molar-refractivity contribution in [2.24, 2.45) is 0 Å². The highest BCUT2D eigenvalue weighted by Gasteiger charge is 2.56. The standard InChI is InChI=1S/C20H19ClN4O6/c1-20(2)30-14-12(7-28-19(27)10-3-5-11(21)6-4-10)29-18(15(14)31-20)25-9-24-13-16(25)22-8-23-17(13)26/h3-6,8-9,12,14-15,18H,7H2,1-2H3,(H,22,23,26). The number of esters is 1. The SMILES string of the molecule is CC1(C)OC2C(COC(=O)c3ccc(Cl)cc3)OC(n3cnc4c(=O)[nH]cnc43)C2O1. The van der Waals surface area contributed by atoms with Crippen molar-refractivity contribution in [1.29, 1.82) is 0 Å². The molecule has 0 bridgehead atoms. The summed E-state index contributed by atoms with van der Waals surface area (Å²) in [6, 6.07) is 6.41. The Balaban J connectivity index is 1.39. The summed E-state index contributed by atoms with van der Waals surface area (Å²) in [6.45, 7) is 3.56. The Morgan fingerprint density at radius 3 is 2.74 bits per heavy atom. The van der Waals surface area contributed by atoms with E-state index < -0.39 is 36.3 Å². The molecule has 2 aliphatic heterocycles. The number of nitrogens with one attached hydrogen (secondary N) is 1. The molecule has 31 heavy (non-hydrogen) atoms. The van der Waals surface area contributed by atoms with Crippen LogP contribution in [0.1, 0.15) is 30.4 Å². The second-order valence-corrected chi connectivity index (χ2v) is 8.23. The summed E-state index contributed by atoms with van der Waals surface area (Å²) in [5.41, 5.74) is 0.581. The van der Waals surface area contributed by atoms with Gasteiger partial charge in [0.25, 0.3) is 5.56 Å². The molecule has 2 fully saturated rings. The number of imidazole rings is 1. The predicted molar refractivity (Wildman–Crippen MR) is 108 cm³/mol. The minimum Gasteiger partial charge on any atom is -0.459 e. The lowest BCUT2D eigenvalue weighted by atomic mass is 10.1. The Labute approximate surface area is 181 Å². The number of halogens is 1. The number of hydrogen-bond acceptors (Lipinski definition) is 8. The van der Waals surface area contributed by atoms with Gasteiger partial charge in [0.1, 0.15) is 24.9 Å². The van der Waals surface area contributed by atoms with Crippen LogP contribution >= 0.6 is 11.6 Å². The van der Waals surface area contributed by atoms with E-state index in [1.165, 1.54) is 12.7 Å². The molecule has 4 unspecified atom stereocenters. The number of aromatic amines is 1. The molecule has 0 saturated carbocycles. The van der Waals surface area contributed by atoms with E-state index in [-0.39, 0.29) is 17.7 Å². The molecule has 2 saturated heterocycles. The van der Waals surface area contributed by atoms with Crippen molar-refractivity contribution < 1.29 is 23.7 Å². The van der Waals surface area contributed by atoms with Crippen molar-refractivity contribution in [3.63, 3.8) is 0 Å². The van der Waals surface area contributed by atoms with Crippen LogP contribution in [0.15, 0.2) is 41.7 Å². The second-order valence-electron chi connectivity index (χ2n) is 7.79. The maximum atomic E-state index is 12.4. The minimum absolute atomic E-state index is 0.0425. The molecule has 4 atom stereocenters. The maximum absolute atomic E-state index is 12.4. The third kappa shape index (κ3) is 3.61. The third-order valence-corrected chi connectivity index (χ3v) is 5.48. The van der Waals surface area contributed by atoms with E-state index in [9.17, 15) is 9.59 Å². The van der Waals surface area contributed by atoms with Crippen molar-refractivity contribution in [3.8, 4) is 0 Å². The lowest BCUT2D eigenvalue weighted by Gasteiger charge is -2.24. The molecule has 2 aromatic heterocycles. The van der Waals surface area contributed by atoms with Crippen LogP contribution < -0.4 is 5.56 Å². The van der Waals surface area contributed by atoms with Crippen LogP contribution in [0.2, 0.25) is 5.02 Å². The first kappa shape index (κ1) is 20.1. The van der Waals surface area contributed by atoms with E-state index in [2.05, 4.69) is 15.0 Å². The number of carbonyl (C=O) groups excluding carboxylic acids is 1. The minimum atomic E-state index is -0.850. The number of carbonyl (C=O) groups is 1. The molecule has 2 aliphatic rings. The fourth-order valence-electron chi connectivity index (χ4n) is 3.89. The van der Waals surface area contributed by atoms with Crippen molar-refractivity contribution >= 4 is 28.7 Å². The van der Waals surface area contributed by atoms with Gasteiger partial charge in [-0.05, 0) is 38.1 Å². The van der Waals surface area contributed by atoms with Crippen molar-refractivity contribution in [2.45, 2.75) is 44.2 Å². The van der Waals surface area contributed by atoms with Gasteiger partial charge in [-0.15, -0.1) is 0 Å². The number of rotatable bonds is 4. The van der Waals surface area contributed by atoms with Gasteiger partial charge in [0.15, 0.2) is 23.2 Å². The Morgan fingerprint density at radius 1 is 1.23 bits per heavy atom. The van der Waals surface area contributed by atoms with Crippen LogP contribution in [0.4, 0.5) is 0 Å².